The first-order valence-electron chi connectivity index (χ1n) is 10.6. The fourth-order valence-electron chi connectivity index (χ4n) is 2.97. The third-order valence-corrected chi connectivity index (χ3v) is 4.63. The summed E-state index contributed by atoms with van der Waals surface area (Å²) in [6, 6.07) is 8.89. The minimum atomic E-state index is -1.14. The van der Waals surface area contributed by atoms with Crippen LogP contribution in [0.5, 0.6) is 5.75 Å². The van der Waals surface area contributed by atoms with E-state index in [-0.39, 0.29) is 17.0 Å². The first-order valence-corrected chi connectivity index (χ1v) is 10.6. The molecule has 0 fully saturated rings. The number of pyridine rings is 1. The molecular weight excluding hydrogens is 412 g/mol. The van der Waals surface area contributed by atoms with Gasteiger partial charge in [0, 0.05) is 11.8 Å². The van der Waals surface area contributed by atoms with Gasteiger partial charge in [-0.3, -0.25) is 4.79 Å². The largest absolute Gasteiger partial charge is 0.491 e. The smallest absolute Gasteiger partial charge is 0.335 e. The Kier molecular flexibility index (Phi) is 9.90. The summed E-state index contributed by atoms with van der Waals surface area (Å²) in [5.41, 5.74) is 0.620. The van der Waals surface area contributed by atoms with E-state index in [2.05, 4.69) is 17.2 Å². The number of carboxylic acids is 2. The van der Waals surface area contributed by atoms with Gasteiger partial charge in [0.2, 0.25) is 0 Å². The molecule has 1 amide bonds. The normalized spacial score (nSPS) is 10.8. The first-order chi connectivity index (χ1) is 15.4. The quantitative estimate of drug-likeness (QED) is 0.300. The Bertz CT molecular complexity index is 971. The summed E-state index contributed by atoms with van der Waals surface area (Å²) < 4.78 is 5.77. The van der Waals surface area contributed by atoms with Crippen LogP contribution in [0.1, 0.15) is 72.0 Å². The number of aromatic nitrogens is 1. The highest BCUT2D eigenvalue weighted by Gasteiger charge is 2.13. The van der Waals surface area contributed by atoms with Gasteiger partial charge < -0.3 is 20.3 Å². The van der Waals surface area contributed by atoms with Crippen molar-refractivity contribution in [3.63, 3.8) is 0 Å². The minimum absolute atomic E-state index is 0.0410. The van der Waals surface area contributed by atoms with E-state index in [9.17, 15) is 14.4 Å². The predicted octanol–water partition coefficient (Wildman–Crippen LogP) is 4.87. The number of anilines is 1. The summed E-state index contributed by atoms with van der Waals surface area (Å²) in [6.45, 7) is 2.63. The van der Waals surface area contributed by atoms with E-state index in [1.165, 1.54) is 49.6 Å². The van der Waals surface area contributed by atoms with Crippen LogP contribution in [0.2, 0.25) is 0 Å². The molecule has 170 valence electrons. The Labute approximate surface area is 186 Å². The van der Waals surface area contributed by atoms with Crippen LogP contribution in [0.4, 0.5) is 5.69 Å². The maximum Gasteiger partial charge on any atom is 0.335 e. The number of nitrogens with one attached hydrogen (secondary N) is 1. The van der Waals surface area contributed by atoms with Crippen molar-refractivity contribution in [3.05, 3.63) is 59.4 Å². The van der Waals surface area contributed by atoms with Gasteiger partial charge in [0.05, 0.1) is 12.2 Å². The second-order valence-corrected chi connectivity index (χ2v) is 7.21. The van der Waals surface area contributed by atoms with E-state index >= 15 is 0 Å². The van der Waals surface area contributed by atoms with Crippen LogP contribution in [0.25, 0.3) is 6.08 Å². The summed E-state index contributed by atoms with van der Waals surface area (Å²) in [5, 5.41) is 20.6. The van der Waals surface area contributed by atoms with Crippen molar-refractivity contribution in [2.24, 2.45) is 0 Å². The van der Waals surface area contributed by atoms with Crippen molar-refractivity contribution >= 4 is 29.6 Å². The van der Waals surface area contributed by atoms with E-state index in [0.717, 1.165) is 25.3 Å². The van der Waals surface area contributed by atoms with E-state index in [0.29, 0.717) is 18.0 Å². The standard InChI is InChI=1S/C24H28N2O6/c1-2-3-4-5-6-7-15-32-21-13-11-20(26-19(21)12-14-22(27)28)23(29)25-18-10-8-9-17(16-18)24(30)31/h8-14,16H,2-7,15H2,1H3,(H,25,29)(H,27,28)(H,30,31). The van der Waals surface area contributed by atoms with Crippen molar-refractivity contribution in [1.29, 1.82) is 0 Å². The molecule has 1 aromatic carbocycles. The van der Waals surface area contributed by atoms with Crippen molar-refractivity contribution in [3.8, 4) is 5.75 Å². The Morgan fingerprint density at radius 3 is 2.50 bits per heavy atom. The van der Waals surface area contributed by atoms with E-state index in [1.54, 1.807) is 12.1 Å². The molecule has 0 aliphatic rings. The molecule has 8 nitrogen and oxygen atoms in total. The molecule has 0 unspecified atom stereocenters. The highest BCUT2D eigenvalue weighted by atomic mass is 16.5. The van der Waals surface area contributed by atoms with Crippen molar-refractivity contribution in [2.45, 2.75) is 45.4 Å². The number of amides is 1. The van der Waals surface area contributed by atoms with Crippen LogP contribution in [0, 0.1) is 0 Å². The molecule has 1 aromatic heterocycles. The molecule has 2 rings (SSSR count). The molecule has 0 radical (unpaired) electrons. The zero-order valence-corrected chi connectivity index (χ0v) is 18.0. The lowest BCUT2D eigenvalue weighted by molar-refractivity contribution is -0.131. The second-order valence-electron chi connectivity index (χ2n) is 7.21. The Balaban J connectivity index is 2.09. The molecule has 2 aromatic rings. The lowest BCUT2D eigenvalue weighted by atomic mass is 10.1. The zero-order valence-electron chi connectivity index (χ0n) is 18.0. The molecule has 0 saturated carbocycles. The Morgan fingerprint density at radius 1 is 1.03 bits per heavy atom. The van der Waals surface area contributed by atoms with Gasteiger partial charge in [-0.1, -0.05) is 45.1 Å². The molecule has 32 heavy (non-hydrogen) atoms. The molecule has 0 atom stereocenters. The molecule has 0 saturated heterocycles. The lowest BCUT2D eigenvalue weighted by Crippen LogP contribution is -2.15. The maximum absolute atomic E-state index is 12.6. The molecule has 3 N–H and O–H groups in total. The number of carbonyl (C=O) groups is 3. The Hall–Kier alpha value is -3.68. The summed E-state index contributed by atoms with van der Waals surface area (Å²) in [7, 11) is 0. The third-order valence-electron chi connectivity index (χ3n) is 4.63. The summed E-state index contributed by atoms with van der Waals surface area (Å²) in [4.78, 5) is 38.8. The average Bonchev–Trinajstić information content (AvgIpc) is 2.77. The fourth-order valence-corrected chi connectivity index (χ4v) is 2.97. The van der Waals surface area contributed by atoms with Gasteiger partial charge >= 0.3 is 11.9 Å². The number of carboxylic acid groups (broad SMARTS) is 2. The van der Waals surface area contributed by atoms with Gasteiger partial charge in [-0.25, -0.2) is 14.6 Å². The number of nitrogens with zero attached hydrogens (tertiary/aromatic N) is 1. The fraction of sp³-hybridized carbons (Fsp3) is 0.333. The van der Waals surface area contributed by atoms with E-state index in [1.807, 2.05) is 0 Å². The molecule has 8 heteroatoms. The van der Waals surface area contributed by atoms with Gasteiger partial charge in [0.1, 0.15) is 17.1 Å². The second kappa shape index (κ2) is 12.9. The molecule has 1 heterocycles. The van der Waals surface area contributed by atoms with Crippen LogP contribution in [-0.2, 0) is 4.79 Å². The highest BCUT2D eigenvalue weighted by Crippen LogP contribution is 2.20. The monoisotopic (exact) mass is 440 g/mol. The predicted molar refractivity (Wildman–Crippen MR) is 121 cm³/mol. The topological polar surface area (TPSA) is 126 Å². The average molecular weight is 440 g/mol. The van der Waals surface area contributed by atoms with Gasteiger partial charge in [-0.2, -0.15) is 0 Å². The van der Waals surface area contributed by atoms with Crippen LogP contribution < -0.4 is 10.1 Å². The number of hydrogen-bond donors (Lipinski definition) is 3. The Morgan fingerprint density at radius 2 is 1.78 bits per heavy atom. The highest BCUT2D eigenvalue weighted by molar-refractivity contribution is 6.03. The summed E-state index contributed by atoms with van der Waals surface area (Å²) in [5.74, 6) is -2.42. The minimum Gasteiger partial charge on any atom is -0.491 e. The van der Waals surface area contributed by atoms with Crippen molar-refractivity contribution in [2.75, 3.05) is 11.9 Å². The van der Waals surface area contributed by atoms with Gasteiger partial charge in [0.15, 0.2) is 0 Å². The van der Waals surface area contributed by atoms with Crippen molar-refractivity contribution < 1.29 is 29.3 Å². The maximum atomic E-state index is 12.6. The molecular formula is C24H28N2O6. The zero-order chi connectivity index (χ0) is 23.3. The first kappa shape index (κ1) is 24.6. The van der Waals surface area contributed by atoms with Crippen LogP contribution in [0.15, 0.2) is 42.5 Å². The van der Waals surface area contributed by atoms with Gasteiger partial charge in [-0.05, 0) is 42.8 Å². The SMILES string of the molecule is CCCCCCCCOc1ccc(C(=O)Nc2cccc(C(=O)O)c2)nc1C=CC(=O)O. The van der Waals surface area contributed by atoms with Gasteiger partial charge in [0.25, 0.3) is 5.91 Å². The molecule has 0 spiro atoms. The van der Waals surface area contributed by atoms with E-state index < -0.39 is 17.8 Å². The summed E-state index contributed by atoms with van der Waals surface area (Å²) in [6.07, 6.45) is 8.87. The molecule has 0 aliphatic heterocycles. The number of rotatable bonds is 13. The van der Waals surface area contributed by atoms with Crippen molar-refractivity contribution in [1.82, 2.24) is 4.98 Å². The number of aromatic carboxylic acids is 1. The molecule has 0 bridgehead atoms. The number of benzene rings is 1. The van der Waals surface area contributed by atoms with Crippen LogP contribution in [-0.4, -0.2) is 39.6 Å². The lowest BCUT2D eigenvalue weighted by Gasteiger charge is -2.11. The number of unbranched alkanes of at least 4 members (excludes halogenated alkanes) is 5. The number of carbonyl (C=O) groups excluding carboxylic acids is 1. The van der Waals surface area contributed by atoms with E-state index in [4.69, 9.17) is 14.9 Å². The van der Waals surface area contributed by atoms with Crippen LogP contribution >= 0.6 is 0 Å². The molecule has 0 aliphatic carbocycles. The summed E-state index contributed by atoms with van der Waals surface area (Å²) >= 11 is 0. The number of aliphatic carboxylic acids is 1. The third kappa shape index (κ3) is 8.22. The van der Waals surface area contributed by atoms with Gasteiger partial charge in [-0.15, -0.1) is 0 Å². The number of hydrogen-bond acceptors (Lipinski definition) is 5. The van der Waals surface area contributed by atoms with Crippen LogP contribution in [0.3, 0.4) is 0 Å². The number of ether oxygens (including phenoxy) is 1.